The second kappa shape index (κ2) is 75.5. The molecule has 0 aromatic carbocycles. The van der Waals surface area contributed by atoms with E-state index in [2.05, 4.69) is 41.5 Å². The smallest absolute Gasteiger partial charge is 0.462 e. The third kappa shape index (κ3) is 78.0. The standard InChI is InChI=1S/C84H164O17P2/c1-7-9-11-13-15-17-19-20-21-22-23-27-32-37-43-49-55-61-67-82(87)95-73-80(101-83(88)68-62-56-50-44-38-33-28-25-24-26-30-35-40-46-52-58-64-76(3)4)75-99-103(92,93)97-71-78(85)70-96-102(90,91)98-74-79(72-94-81(86)66-60-54-48-42-18-16-14-12-10-8-2)100-84(89)69-63-57-51-45-39-34-29-31-36-41-47-53-59-65-77(5)6/h76-80,85H,7-75H2,1-6H3,(H,90,91)(H,92,93)/t78-,79+,80+/m0/s1. The first-order valence-electron chi connectivity index (χ1n) is 43.5. The van der Waals surface area contributed by atoms with Gasteiger partial charge in [0, 0.05) is 25.7 Å². The number of carbonyl (C=O) groups is 4. The fourth-order valence-electron chi connectivity index (χ4n) is 13.1. The quantitative estimate of drug-likeness (QED) is 0.0222. The van der Waals surface area contributed by atoms with Gasteiger partial charge in [0.15, 0.2) is 12.2 Å². The Morgan fingerprint density at radius 3 is 0.660 bits per heavy atom. The van der Waals surface area contributed by atoms with Crippen LogP contribution >= 0.6 is 15.6 Å². The fourth-order valence-corrected chi connectivity index (χ4v) is 14.6. The number of rotatable bonds is 83. The van der Waals surface area contributed by atoms with E-state index in [1.165, 1.54) is 263 Å². The molecule has 0 radical (unpaired) electrons. The van der Waals surface area contributed by atoms with Crippen molar-refractivity contribution in [2.45, 2.75) is 464 Å². The SMILES string of the molecule is CCCCCCCCCCCCCCCCCCCCC(=O)OC[C@H](COP(=O)(O)OC[C@@H](O)COP(=O)(O)OC[C@@H](COC(=O)CCCCCCCCCCCC)OC(=O)CCCCCCCCCCCCCCCC(C)C)OC(=O)CCCCCCCCCCCCCCCCCCC(C)C. The molecule has 0 heterocycles. The van der Waals surface area contributed by atoms with Crippen molar-refractivity contribution in [1.82, 2.24) is 0 Å². The Morgan fingerprint density at radius 1 is 0.262 bits per heavy atom. The Balaban J connectivity index is 5.23. The molecule has 0 rings (SSSR count). The zero-order valence-corrected chi connectivity index (χ0v) is 69.4. The van der Waals surface area contributed by atoms with Gasteiger partial charge in [0.1, 0.15) is 19.3 Å². The van der Waals surface area contributed by atoms with Crippen LogP contribution in [0.5, 0.6) is 0 Å². The van der Waals surface area contributed by atoms with Crippen LogP contribution in [0.2, 0.25) is 0 Å². The molecule has 0 saturated heterocycles. The summed E-state index contributed by atoms with van der Waals surface area (Å²) < 4.78 is 68.8. The number of carbonyl (C=O) groups excluding carboxylic acids is 4. The number of hydrogen-bond donors (Lipinski definition) is 3. The van der Waals surface area contributed by atoms with E-state index in [1.54, 1.807) is 0 Å². The van der Waals surface area contributed by atoms with E-state index in [-0.39, 0.29) is 25.7 Å². The van der Waals surface area contributed by atoms with Crippen LogP contribution in [0.25, 0.3) is 0 Å². The van der Waals surface area contributed by atoms with E-state index in [0.717, 1.165) is 102 Å². The lowest BCUT2D eigenvalue weighted by atomic mass is 10.0. The zero-order valence-electron chi connectivity index (χ0n) is 67.6. The number of unbranched alkanes of at least 4 members (excludes halogenated alkanes) is 53. The molecule has 0 aromatic heterocycles. The van der Waals surface area contributed by atoms with Gasteiger partial charge in [-0.2, -0.15) is 0 Å². The molecule has 0 spiro atoms. The van der Waals surface area contributed by atoms with Gasteiger partial charge in [-0.05, 0) is 37.5 Å². The Morgan fingerprint density at radius 2 is 0.447 bits per heavy atom. The van der Waals surface area contributed by atoms with E-state index >= 15 is 0 Å². The largest absolute Gasteiger partial charge is 0.472 e. The average Bonchev–Trinajstić information content (AvgIpc) is 0.927. The summed E-state index contributed by atoms with van der Waals surface area (Å²) in [6, 6.07) is 0. The van der Waals surface area contributed by atoms with E-state index in [9.17, 15) is 43.2 Å². The van der Waals surface area contributed by atoms with Gasteiger partial charge >= 0.3 is 39.5 Å². The molecule has 0 fully saturated rings. The second-order valence-electron chi connectivity index (χ2n) is 31.2. The summed E-state index contributed by atoms with van der Waals surface area (Å²) >= 11 is 0. The molecule has 0 bridgehead atoms. The second-order valence-corrected chi connectivity index (χ2v) is 34.1. The molecule has 19 heteroatoms. The van der Waals surface area contributed by atoms with Crippen LogP contribution in [0.1, 0.15) is 446 Å². The molecule has 0 aliphatic rings. The van der Waals surface area contributed by atoms with Crippen molar-refractivity contribution >= 4 is 39.5 Å². The topological polar surface area (TPSA) is 237 Å². The number of aliphatic hydroxyl groups is 1. The monoisotopic (exact) mass is 1510 g/mol. The maximum absolute atomic E-state index is 13.1. The summed E-state index contributed by atoms with van der Waals surface area (Å²) in [7, 11) is -9.92. The number of ether oxygens (including phenoxy) is 4. The predicted molar refractivity (Wildman–Crippen MR) is 423 cm³/mol. The minimum Gasteiger partial charge on any atom is -0.462 e. The number of phosphoric acid groups is 2. The number of hydrogen-bond acceptors (Lipinski definition) is 15. The normalized spacial score (nSPS) is 13.9. The van der Waals surface area contributed by atoms with Gasteiger partial charge < -0.3 is 33.8 Å². The third-order valence-electron chi connectivity index (χ3n) is 19.7. The van der Waals surface area contributed by atoms with Crippen molar-refractivity contribution in [2.24, 2.45) is 11.8 Å². The Labute approximate surface area is 632 Å². The molecule has 2 unspecified atom stereocenters. The number of aliphatic hydroxyl groups excluding tert-OH is 1. The first-order valence-corrected chi connectivity index (χ1v) is 46.5. The van der Waals surface area contributed by atoms with Crippen LogP contribution in [-0.2, 0) is 65.4 Å². The summed E-state index contributed by atoms with van der Waals surface area (Å²) in [5.74, 6) is -0.508. The number of phosphoric ester groups is 2. The Hall–Kier alpha value is -1.94. The van der Waals surface area contributed by atoms with Crippen LogP contribution in [-0.4, -0.2) is 96.7 Å². The molecular formula is C84H164O17P2. The molecule has 103 heavy (non-hydrogen) atoms. The predicted octanol–water partition coefficient (Wildman–Crippen LogP) is 25.5. The molecule has 3 N–H and O–H groups in total. The minimum absolute atomic E-state index is 0.108. The van der Waals surface area contributed by atoms with Crippen LogP contribution in [0.3, 0.4) is 0 Å². The van der Waals surface area contributed by atoms with Crippen LogP contribution < -0.4 is 0 Å². The highest BCUT2D eigenvalue weighted by Gasteiger charge is 2.30. The molecule has 0 aromatic rings. The van der Waals surface area contributed by atoms with Crippen molar-refractivity contribution in [3.63, 3.8) is 0 Å². The maximum atomic E-state index is 13.1. The van der Waals surface area contributed by atoms with E-state index in [1.807, 2.05) is 0 Å². The molecular weight excluding hydrogens is 1340 g/mol. The third-order valence-corrected chi connectivity index (χ3v) is 21.6. The summed E-state index contributed by atoms with van der Waals surface area (Å²) in [5, 5.41) is 10.7. The van der Waals surface area contributed by atoms with Crippen molar-refractivity contribution in [2.75, 3.05) is 39.6 Å². The van der Waals surface area contributed by atoms with Crippen molar-refractivity contribution in [3.8, 4) is 0 Å². The average molecular weight is 1510 g/mol. The molecule has 612 valence electrons. The van der Waals surface area contributed by atoms with Gasteiger partial charge in [-0.15, -0.1) is 0 Å². The zero-order chi connectivity index (χ0) is 75.6. The first-order chi connectivity index (χ1) is 49.9. The maximum Gasteiger partial charge on any atom is 0.472 e. The highest BCUT2D eigenvalue weighted by molar-refractivity contribution is 7.47. The molecule has 0 aliphatic carbocycles. The van der Waals surface area contributed by atoms with Gasteiger partial charge in [0.25, 0.3) is 0 Å². The van der Waals surface area contributed by atoms with Crippen molar-refractivity contribution in [3.05, 3.63) is 0 Å². The summed E-state index contributed by atoms with van der Waals surface area (Å²) in [6.45, 7) is 9.70. The first kappa shape index (κ1) is 101. The lowest BCUT2D eigenvalue weighted by Crippen LogP contribution is -2.30. The van der Waals surface area contributed by atoms with E-state index < -0.39 is 97.5 Å². The molecule has 5 atom stereocenters. The van der Waals surface area contributed by atoms with Gasteiger partial charge in [-0.25, -0.2) is 9.13 Å². The number of esters is 4. The molecule has 0 saturated carbocycles. The van der Waals surface area contributed by atoms with Crippen LogP contribution in [0, 0.1) is 11.8 Å². The summed E-state index contributed by atoms with van der Waals surface area (Å²) in [4.78, 5) is 73.1. The van der Waals surface area contributed by atoms with Gasteiger partial charge in [0.2, 0.25) is 0 Å². The van der Waals surface area contributed by atoms with E-state index in [0.29, 0.717) is 25.7 Å². The Bertz CT molecular complexity index is 1980. The van der Waals surface area contributed by atoms with Gasteiger partial charge in [-0.3, -0.25) is 37.3 Å². The highest BCUT2D eigenvalue weighted by Crippen LogP contribution is 2.45. The molecule has 17 nitrogen and oxygen atoms in total. The Kier molecular flexibility index (Phi) is 74.1. The van der Waals surface area contributed by atoms with Gasteiger partial charge in [0.05, 0.1) is 26.4 Å². The highest BCUT2D eigenvalue weighted by atomic mass is 31.2. The summed E-state index contributed by atoms with van der Waals surface area (Å²) in [5.41, 5.74) is 0. The lowest BCUT2D eigenvalue weighted by molar-refractivity contribution is -0.161. The van der Waals surface area contributed by atoms with Crippen molar-refractivity contribution in [1.29, 1.82) is 0 Å². The summed E-state index contributed by atoms with van der Waals surface area (Å²) in [6.07, 6.45) is 66.6. The van der Waals surface area contributed by atoms with Gasteiger partial charge in [-0.1, -0.05) is 395 Å². The lowest BCUT2D eigenvalue weighted by Gasteiger charge is -2.21. The molecule has 0 amide bonds. The molecule has 0 aliphatic heterocycles. The van der Waals surface area contributed by atoms with Crippen molar-refractivity contribution < 1.29 is 80.2 Å². The minimum atomic E-state index is -4.96. The van der Waals surface area contributed by atoms with Crippen LogP contribution in [0.15, 0.2) is 0 Å². The van der Waals surface area contributed by atoms with Crippen LogP contribution in [0.4, 0.5) is 0 Å². The fraction of sp³-hybridized carbons (Fsp3) is 0.952. The van der Waals surface area contributed by atoms with E-state index in [4.69, 9.17) is 37.0 Å².